The topological polar surface area (TPSA) is 51.2 Å². The van der Waals surface area contributed by atoms with Crippen molar-refractivity contribution in [3.63, 3.8) is 0 Å². The fourth-order valence-electron chi connectivity index (χ4n) is 1.61. The van der Waals surface area contributed by atoms with Gasteiger partial charge in [0.15, 0.2) is 0 Å². The number of aryl methyl sites for hydroxylation is 1. The Morgan fingerprint density at radius 1 is 1.37 bits per heavy atom. The van der Waals surface area contributed by atoms with Gasteiger partial charge in [0.25, 0.3) is 5.91 Å². The van der Waals surface area contributed by atoms with Gasteiger partial charge < -0.3 is 10.1 Å². The number of benzene rings is 1. The molecule has 1 N–H and O–H groups in total. The molecule has 0 saturated carbocycles. The Bertz CT molecular complexity index is 614. The molecule has 0 unspecified atom stereocenters. The number of ether oxygens (including phenoxy) is 1. The van der Waals surface area contributed by atoms with E-state index < -0.39 is 11.7 Å². The first-order chi connectivity index (χ1) is 9.11. The molecule has 0 aliphatic rings. The van der Waals surface area contributed by atoms with Crippen molar-refractivity contribution < 1.29 is 13.9 Å². The third-order valence-corrected chi connectivity index (χ3v) is 2.69. The van der Waals surface area contributed by atoms with Crippen LogP contribution in [-0.4, -0.2) is 18.0 Å². The molecule has 0 saturated heterocycles. The molecule has 0 aliphatic carbocycles. The molecule has 0 bridgehead atoms. The van der Waals surface area contributed by atoms with Gasteiger partial charge in [-0.3, -0.25) is 9.78 Å². The van der Waals surface area contributed by atoms with E-state index in [1.807, 2.05) is 6.92 Å². The number of anilines is 1. The number of amides is 1. The van der Waals surface area contributed by atoms with Gasteiger partial charge in [-0.1, -0.05) is 0 Å². The first-order valence-corrected chi connectivity index (χ1v) is 5.67. The number of pyridine rings is 1. The summed E-state index contributed by atoms with van der Waals surface area (Å²) < 4.78 is 18.6. The van der Waals surface area contributed by atoms with Crippen LogP contribution < -0.4 is 10.1 Å². The third-order valence-electron chi connectivity index (χ3n) is 2.69. The van der Waals surface area contributed by atoms with E-state index >= 15 is 0 Å². The molecular formula is C14H13FN2O2. The Morgan fingerprint density at radius 3 is 2.79 bits per heavy atom. The fourth-order valence-corrected chi connectivity index (χ4v) is 1.61. The number of carbonyl (C=O) groups excluding carboxylic acids is 1. The summed E-state index contributed by atoms with van der Waals surface area (Å²) in [5, 5.41) is 2.65. The van der Waals surface area contributed by atoms with E-state index in [0.29, 0.717) is 11.4 Å². The van der Waals surface area contributed by atoms with Gasteiger partial charge >= 0.3 is 0 Å². The van der Waals surface area contributed by atoms with Gasteiger partial charge in [0.2, 0.25) is 0 Å². The van der Waals surface area contributed by atoms with Crippen molar-refractivity contribution >= 4 is 11.6 Å². The van der Waals surface area contributed by atoms with E-state index in [2.05, 4.69) is 10.3 Å². The fraction of sp³-hybridized carbons (Fsp3) is 0.143. The summed E-state index contributed by atoms with van der Waals surface area (Å²) in [4.78, 5) is 15.9. The molecule has 1 aromatic carbocycles. The predicted octanol–water partition coefficient (Wildman–Crippen LogP) is 2.79. The summed E-state index contributed by atoms with van der Waals surface area (Å²) in [6, 6.07) is 5.76. The van der Waals surface area contributed by atoms with Crippen LogP contribution in [0.5, 0.6) is 5.75 Å². The number of hydrogen-bond donors (Lipinski definition) is 1. The average Bonchev–Trinajstić information content (AvgIpc) is 2.41. The number of aromatic nitrogens is 1. The van der Waals surface area contributed by atoms with Gasteiger partial charge in [-0.2, -0.15) is 0 Å². The number of hydrogen-bond acceptors (Lipinski definition) is 3. The van der Waals surface area contributed by atoms with E-state index in [1.54, 1.807) is 18.5 Å². The predicted molar refractivity (Wildman–Crippen MR) is 69.9 cm³/mol. The zero-order valence-corrected chi connectivity index (χ0v) is 10.6. The van der Waals surface area contributed by atoms with Gasteiger partial charge in [0.05, 0.1) is 12.7 Å². The SMILES string of the molecule is COc1ccc(C(=O)Nc2ccncc2C)c(F)c1. The second kappa shape index (κ2) is 5.48. The summed E-state index contributed by atoms with van der Waals surface area (Å²) in [6.45, 7) is 1.81. The van der Waals surface area contributed by atoms with Gasteiger partial charge in [0.1, 0.15) is 11.6 Å². The van der Waals surface area contributed by atoms with Crippen molar-refractivity contribution in [2.24, 2.45) is 0 Å². The maximum Gasteiger partial charge on any atom is 0.258 e. The van der Waals surface area contributed by atoms with Crippen LogP contribution in [0, 0.1) is 12.7 Å². The van der Waals surface area contributed by atoms with Crippen molar-refractivity contribution in [2.45, 2.75) is 6.92 Å². The molecule has 1 aromatic heterocycles. The monoisotopic (exact) mass is 260 g/mol. The number of halogens is 1. The molecule has 1 amide bonds. The lowest BCUT2D eigenvalue weighted by molar-refractivity contribution is 0.102. The van der Waals surface area contributed by atoms with Crippen molar-refractivity contribution in [2.75, 3.05) is 12.4 Å². The highest BCUT2D eigenvalue weighted by Gasteiger charge is 2.13. The lowest BCUT2D eigenvalue weighted by Crippen LogP contribution is -2.14. The summed E-state index contributed by atoms with van der Waals surface area (Å²) >= 11 is 0. The van der Waals surface area contributed by atoms with Crippen LogP contribution in [0.25, 0.3) is 0 Å². The first-order valence-electron chi connectivity index (χ1n) is 5.67. The van der Waals surface area contributed by atoms with E-state index in [-0.39, 0.29) is 5.56 Å². The number of methoxy groups -OCH3 is 1. The van der Waals surface area contributed by atoms with Crippen LogP contribution >= 0.6 is 0 Å². The van der Waals surface area contributed by atoms with Gasteiger partial charge in [-0.05, 0) is 30.7 Å². The minimum atomic E-state index is -0.622. The van der Waals surface area contributed by atoms with Crippen LogP contribution in [0.15, 0.2) is 36.7 Å². The third kappa shape index (κ3) is 2.88. The Hall–Kier alpha value is -2.43. The molecular weight excluding hydrogens is 247 g/mol. The van der Waals surface area contributed by atoms with Crippen LogP contribution in [0.4, 0.5) is 10.1 Å². The lowest BCUT2D eigenvalue weighted by Gasteiger charge is -2.09. The van der Waals surface area contributed by atoms with E-state index in [4.69, 9.17) is 4.74 Å². The minimum Gasteiger partial charge on any atom is -0.497 e. The minimum absolute atomic E-state index is 0.0305. The summed E-state index contributed by atoms with van der Waals surface area (Å²) in [6.07, 6.45) is 3.19. The standard InChI is InChI=1S/C14H13FN2O2/c1-9-8-16-6-5-13(9)17-14(18)11-4-3-10(19-2)7-12(11)15/h3-8H,1-2H3,(H,16,17,18). The normalized spacial score (nSPS) is 10.1. The molecule has 0 aliphatic heterocycles. The van der Waals surface area contributed by atoms with Gasteiger partial charge in [-0.25, -0.2) is 4.39 Å². The van der Waals surface area contributed by atoms with Crippen LogP contribution in [0.3, 0.4) is 0 Å². The van der Waals surface area contributed by atoms with Crippen molar-refractivity contribution in [3.8, 4) is 5.75 Å². The summed E-state index contributed by atoms with van der Waals surface area (Å²) in [5.74, 6) is -0.757. The average molecular weight is 260 g/mol. The number of rotatable bonds is 3. The quantitative estimate of drug-likeness (QED) is 0.923. The Labute approximate surface area is 110 Å². The zero-order chi connectivity index (χ0) is 13.8. The van der Waals surface area contributed by atoms with Crippen LogP contribution in [0.2, 0.25) is 0 Å². The lowest BCUT2D eigenvalue weighted by atomic mass is 10.1. The Kier molecular flexibility index (Phi) is 3.75. The second-order valence-electron chi connectivity index (χ2n) is 3.99. The van der Waals surface area contributed by atoms with Crippen LogP contribution in [0.1, 0.15) is 15.9 Å². The van der Waals surface area contributed by atoms with Gasteiger partial charge in [-0.15, -0.1) is 0 Å². The molecule has 1 heterocycles. The molecule has 0 spiro atoms. The highest BCUT2D eigenvalue weighted by atomic mass is 19.1. The Balaban J connectivity index is 2.23. The van der Waals surface area contributed by atoms with Gasteiger partial charge in [0, 0.05) is 24.1 Å². The maximum atomic E-state index is 13.7. The van der Waals surface area contributed by atoms with E-state index in [9.17, 15) is 9.18 Å². The molecule has 2 aromatic rings. The summed E-state index contributed by atoms with van der Waals surface area (Å²) in [7, 11) is 1.44. The van der Waals surface area contributed by atoms with E-state index in [1.165, 1.54) is 25.3 Å². The smallest absolute Gasteiger partial charge is 0.258 e. The summed E-state index contributed by atoms with van der Waals surface area (Å²) in [5.41, 5.74) is 1.39. The molecule has 0 atom stereocenters. The molecule has 98 valence electrons. The number of nitrogens with one attached hydrogen (secondary N) is 1. The molecule has 4 nitrogen and oxygen atoms in total. The van der Waals surface area contributed by atoms with Crippen molar-refractivity contribution in [1.82, 2.24) is 4.98 Å². The largest absolute Gasteiger partial charge is 0.497 e. The Morgan fingerprint density at radius 2 is 2.16 bits per heavy atom. The maximum absolute atomic E-state index is 13.7. The second-order valence-corrected chi connectivity index (χ2v) is 3.99. The molecule has 19 heavy (non-hydrogen) atoms. The number of carbonyl (C=O) groups is 1. The highest BCUT2D eigenvalue weighted by molar-refractivity contribution is 6.04. The van der Waals surface area contributed by atoms with Crippen molar-refractivity contribution in [3.05, 3.63) is 53.6 Å². The number of nitrogens with zero attached hydrogens (tertiary/aromatic N) is 1. The zero-order valence-electron chi connectivity index (χ0n) is 10.6. The molecule has 0 radical (unpaired) electrons. The molecule has 0 fully saturated rings. The molecule has 5 heteroatoms. The first kappa shape index (κ1) is 13.0. The van der Waals surface area contributed by atoms with E-state index in [0.717, 1.165) is 5.56 Å². The van der Waals surface area contributed by atoms with Crippen molar-refractivity contribution in [1.29, 1.82) is 0 Å². The molecule has 2 rings (SSSR count). The van der Waals surface area contributed by atoms with Crippen LogP contribution in [-0.2, 0) is 0 Å². The highest BCUT2D eigenvalue weighted by Crippen LogP contribution is 2.18.